The van der Waals surface area contributed by atoms with Gasteiger partial charge < -0.3 is 5.32 Å². The van der Waals surface area contributed by atoms with Crippen LogP contribution in [0, 0.1) is 5.92 Å². The third kappa shape index (κ3) is 2.69. The van der Waals surface area contributed by atoms with E-state index in [9.17, 15) is 13.2 Å². The lowest BCUT2D eigenvalue weighted by molar-refractivity contribution is -0.141. The zero-order chi connectivity index (χ0) is 11.6. The number of nitrogens with one attached hydrogen (secondary N) is 1. The maximum atomic E-state index is 12.2. The summed E-state index contributed by atoms with van der Waals surface area (Å²) in [5, 5.41) is 3.20. The van der Waals surface area contributed by atoms with Crippen LogP contribution in [0.4, 0.5) is 13.2 Å². The lowest BCUT2D eigenvalue weighted by Gasteiger charge is -2.08. The minimum Gasteiger partial charge on any atom is -0.316 e. The van der Waals surface area contributed by atoms with E-state index in [0.29, 0.717) is 18.0 Å². The largest absolute Gasteiger partial charge is 0.434 e. The zero-order valence-corrected chi connectivity index (χ0v) is 8.59. The summed E-state index contributed by atoms with van der Waals surface area (Å²) in [5.41, 5.74) is -0.303. The van der Waals surface area contributed by atoms with Crippen LogP contribution in [0.1, 0.15) is 17.8 Å². The summed E-state index contributed by atoms with van der Waals surface area (Å²) in [7, 11) is 0. The molecule has 1 atom stereocenters. The van der Waals surface area contributed by atoms with Crippen molar-refractivity contribution in [3.8, 4) is 0 Å². The van der Waals surface area contributed by atoms with E-state index in [2.05, 4.69) is 15.3 Å². The molecule has 2 heterocycles. The Morgan fingerprint density at radius 3 is 2.62 bits per heavy atom. The van der Waals surface area contributed by atoms with E-state index in [1.54, 1.807) is 0 Å². The van der Waals surface area contributed by atoms with E-state index in [-0.39, 0.29) is 0 Å². The van der Waals surface area contributed by atoms with Crippen LogP contribution in [0.25, 0.3) is 0 Å². The summed E-state index contributed by atoms with van der Waals surface area (Å²) in [5.74, 6) is 0.464. The molecule has 1 aromatic rings. The molecule has 0 amide bonds. The molecule has 1 saturated heterocycles. The smallest absolute Gasteiger partial charge is 0.316 e. The lowest BCUT2D eigenvalue weighted by atomic mass is 10.0. The molecule has 1 aliphatic rings. The van der Waals surface area contributed by atoms with Gasteiger partial charge in [-0.05, 0) is 31.8 Å². The second kappa shape index (κ2) is 4.37. The van der Waals surface area contributed by atoms with Gasteiger partial charge in [0.15, 0.2) is 5.69 Å². The summed E-state index contributed by atoms with van der Waals surface area (Å²) in [4.78, 5) is 7.18. The van der Waals surface area contributed by atoms with E-state index in [4.69, 9.17) is 0 Å². The molecule has 1 aromatic heterocycles. The van der Waals surface area contributed by atoms with E-state index in [1.807, 2.05) is 0 Å². The van der Waals surface area contributed by atoms with Crippen LogP contribution < -0.4 is 5.32 Å². The average molecular weight is 231 g/mol. The molecule has 0 radical (unpaired) electrons. The van der Waals surface area contributed by atoms with Crippen LogP contribution in [0.2, 0.25) is 0 Å². The SMILES string of the molecule is FC(F)(F)c1cnc(C[C@@H]2CCNC2)cn1. The Labute approximate surface area is 91.1 Å². The third-order valence-corrected chi connectivity index (χ3v) is 2.66. The monoisotopic (exact) mass is 231 g/mol. The van der Waals surface area contributed by atoms with Gasteiger partial charge in [0.2, 0.25) is 0 Å². The second-order valence-electron chi connectivity index (χ2n) is 3.95. The normalized spacial score (nSPS) is 21.3. The molecule has 88 valence electrons. The van der Waals surface area contributed by atoms with E-state index in [1.165, 1.54) is 6.20 Å². The molecule has 1 aliphatic heterocycles. The first kappa shape index (κ1) is 11.3. The van der Waals surface area contributed by atoms with Gasteiger partial charge in [-0.1, -0.05) is 0 Å². The fraction of sp³-hybridized carbons (Fsp3) is 0.600. The van der Waals surface area contributed by atoms with Gasteiger partial charge in [0.1, 0.15) is 0 Å². The Morgan fingerprint density at radius 2 is 2.12 bits per heavy atom. The van der Waals surface area contributed by atoms with Gasteiger partial charge in [0.25, 0.3) is 0 Å². The minimum absolute atomic E-state index is 0.464. The molecule has 0 bridgehead atoms. The van der Waals surface area contributed by atoms with Crippen molar-refractivity contribution < 1.29 is 13.2 Å². The summed E-state index contributed by atoms with van der Waals surface area (Å²) in [6, 6.07) is 0. The molecule has 1 fully saturated rings. The van der Waals surface area contributed by atoms with E-state index < -0.39 is 11.9 Å². The Kier molecular flexibility index (Phi) is 3.09. The predicted octanol–water partition coefficient (Wildman–Crippen LogP) is 1.65. The first-order chi connectivity index (χ1) is 7.55. The topological polar surface area (TPSA) is 37.8 Å². The highest BCUT2D eigenvalue weighted by Gasteiger charge is 2.32. The molecule has 0 aliphatic carbocycles. The third-order valence-electron chi connectivity index (χ3n) is 2.66. The molecular formula is C10H12F3N3. The van der Waals surface area contributed by atoms with Gasteiger partial charge >= 0.3 is 6.18 Å². The van der Waals surface area contributed by atoms with Gasteiger partial charge in [-0.2, -0.15) is 13.2 Å². The zero-order valence-electron chi connectivity index (χ0n) is 8.59. The van der Waals surface area contributed by atoms with Crippen molar-refractivity contribution in [1.82, 2.24) is 15.3 Å². The Bertz CT molecular complexity index is 341. The highest BCUT2D eigenvalue weighted by Crippen LogP contribution is 2.26. The van der Waals surface area contributed by atoms with Crippen molar-refractivity contribution >= 4 is 0 Å². The van der Waals surface area contributed by atoms with Crippen LogP contribution in [-0.4, -0.2) is 23.1 Å². The molecule has 0 saturated carbocycles. The average Bonchev–Trinajstić information content (AvgIpc) is 2.70. The Balaban J connectivity index is 2.01. The fourth-order valence-corrected chi connectivity index (χ4v) is 1.79. The Morgan fingerprint density at radius 1 is 1.31 bits per heavy atom. The second-order valence-corrected chi connectivity index (χ2v) is 3.95. The number of hydrogen-bond donors (Lipinski definition) is 1. The van der Waals surface area contributed by atoms with Crippen molar-refractivity contribution in [3.63, 3.8) is 0 Å². The molecule has 1 N–H and O–H groups in total. The molecule has 6 heteroatoms. The van der Waals surface area contributed by atoms with E-state index in [0.717, 1.165) is 25.7 Å². The fourth-order valence-electron chi connectivity index (χ4n) is 1.79. The molecule has 0 spiro atoms. The number of rotatable bonds is 2. The summed E-state index contributed by atoms with van der Waals surface area (Å²) in [6.07, 6.45) is -0.639. The molecule has 0 unspecified atom stereocenters. The lowest BCUT2D eigenvalue weighted by Crippen LogP contribution is -2.13. The Hall–Kier alpha value is -1.17. The van der Waals surface area contributed by atoms with Crippen LogP contribution in [0.5, 0.6) is 0 Å². The first-order valence-electron chi connectivity index (χ1n) is 5.14. The quantitative estimate of drug-likeness (QED) is 0.841. The van der Waals surface area contributed by atoms with Gasteiger partial charge in [-0.25, -0.2) is 4.98 Å². The number of nitrogens with zero attached hydrogens (tertiary/aromatic N) is 2. The number of hydrogen-bond acceptors (Lipinski definition) is 3. The standard InChI is InChI=1S/C10H12F3N3/c11-10(12,13)9-6-15-8(5-16-9)3-7-1-2-14-4-7/h5-7,14H,1-4H2/t7-/m0/s1. The van der Waals surface area contributed by atoms with Crippen LogP contribution in [0.3, 0.4) is 0 Å². The van der Waals surface area contributed by atoms with Crippen molar-refractivity contribution in [2.75, 3.05) is 13.1 Å². The van der Waals surface area contributed by atoms with Crippen LogP contribution in [-0.2, 0) is 12.6 Å². The van der Waals surface area contributed by atoms with Crippen molar-refractivity contribution in [2.24, 2.45) is 5.92 Å². The first-order valence-corrected chi connectivity index (χ1v) is 5.14. The summed E-state index contributed by atoms with van der Waals surface area (Å²) < 4.78 is 36.6. The summed E-state index contributed by atoms with van der Waals surface area (Å²) in [6.45, 7) is 1.88. The van der Waals surface area contributed by atoms with Crippen molar-refractivity contribution in [3.05, 3.63) is 23.8 Å². The molecule has 0 aromatic carbocycles. The van der Waals surface area contributed by atoms with Gasteiger partial charge in [-0.3, -0.25) is 4.98 Å². The highest BCUT2D eigenvalue weighted by atomic mass is 19.4. The summed E-state index contributed by atoms with van der Waals surface area (Å²) >= 11 is 0. The maximum absolute atomic E-state index is 12.2. The van der Waals surface area contributed by atoms with Gasteiger partial charge in [0, 0.05) is 6.20 Å². The molecular weight excluding hydrogens is 219 g/mol. The number of alkyl halides is 3. The van der Waals surface area contributed by atoms with Crippen molar-refractivity contribution in [1.29, 1.82) is 0 Å². The van der Waals surface area contributed by atoms with Crippen LogP contribution >= 0.6 is 0 Å². The minimum atomic E-state index is -4.40. The number of halogens is 3. The van der Waals surface area contributed by atoms with Gasteiger partial charge in [0.05, 0.1) is 11.9 Å². The molecule has 16 heavy (non-hydrogen) atoms. The predicted molar refractivity (Wildman–Crippen MR) is 51.7 cm³/mol. The van der Waals surface area contributed by atoms with Crippen molar-refractivity contribution in [2.45, 2.75) is 19.0 Å². The maximum Gasteiger partial charge on any atom is 0.434 e. The molecule has 3 nitrogen and oxygen atoms in total. The van der Waals surface area contributed by atoms with Crippen LogP contribution in [0.15, 0.2) is 12.4 Å². The molecule has 2 rings (SSSR count). The van der Waals surface area contributed by atoms with E-state index >= 15 is 0 Å². The number of aromatic nitrogens is 2. The van der Waals surface area contributed by atoms with Gasteiger partial charge in [-0.15, -0.1) is 0 Å². The highest BCUT2D eigenvalue weighted by molar-refractivity contribution is 5.06.